The molecule has 0 bridgehead atoms. The minimum absolute atomic E-state index is 0.0662. The summed E-state index contributed by atoms with van der Waals surface area (Å²) in [5, 5.41) is 11.4. The van der Waals surface area contributed by atoms with E-state index in [4.69, 9.17) is 20.4 Å². The number of likely N-dealkylation sites (tertiary alicyclic amines) is 1. The molecule has 2 unspecified atom stereocenters. The normalized spacial score (nSPS) is 28.5. The van der Waals surface area contributed by atoms with Gasteiger partial charge in [-0.2, -0.15) is 0 Å². The number of ether oxygens (including phenoxy) is 2. The molecule has 0 aromatic carbocycles. The van der Waals surface area contributed by atoms with Gasteiger partial charge in [0.05, 0.1) is 18.8 Å². The predicted octanol–water partition coefficient (Wildman–Crippen LogP) is -0.531. The van der Waals surface area contributed by atoms with Crippen molar-refractivity contribution in [1.29, 1.82) is 0 Å². The lowest BCUT2D eigenvalue weighted by Gasteiger charge is -2.16. The predicted molar refractivity (Wildman–Crippen MR) is 56.1 cm³/mol. The van der Waals surface area contributed by atoms with E-state index in [0.717, 1.165) is 13.1 Å². The Kier molecular flexibility index (Phi) is 4.80. The largest absolute Gasteiger partial charge is 0.409 e. The number of nitrogens with zero attached hydrogens (tertiary/aromatic N) is 2. The third-order valence-electron chi connectivity index (χ3n) is 2.49. The van der Waals surface area contributed by atoms with Gasteiger partial charge < -0.3 is 20.4 Å². The van der Waals surface area contributed by atoms with Crippen molar-refractivity contribution in [3.8, 4) is 0 Å². The Morgan fingerprint density at radius 2 is 2.20 bits per heavy atom. The van der Waals surface area contributed by atoms with E-state index in [0.29, 0.717) is 13.2 Å². The molecule has 1 rings (SSSR count). The minimum Gasteiger partial charge on any atom is -0.409 e. The van der Waals surface area contributed by atoms with Crippen molar-refractivity contribution < 1.29 is 14.7 Å². The van der Waals surface area contributed by atoms with Crippen LogP contribution < -0.4 is 5.73 Å². The second-order valence-electron chi connectivity index (χ2n) is 3.55. The van der Waals surface area contributed by atoms with E-state index in [-0.39, 0.29) is 18.0 Å². The van der Waals surface area contributed by atoms with Gasteiger partial charge in [0.15, 0.2) is 5.84 Å². The van der Waals surface area contributed by atoms with Crippen molar-refractivity contribution in [2.45, 2.75) is 19.1 Å². The van der Waals surface area contributed by atoms with Gasteiger partial charge in [-0.25, -0.2) is 0 Å². The molecule has 0 aliphatic carbocycles. The van der Waals surface area contributed by atoms with Gasteiger partial charge in [0.25, 0.3) is 0 Å². The average molecular weight is 217 g/mol. The summed E-state index contributed by atoms with van der Waals surface area (Å²) >= 11 is 0. The summed E-state index contributed by atoms with van der Waals surface area (Å²) in [6.45, 7) is 4.57. The van der Waals surface area contributed by atoms with E-state index in [2.05, 4.69) is 5.16 Å². The van der Waals surface area contributed by atoms with Gasteiger partial charge in [-0.15, -0.1) is 0 Å². The first-order valence-electron chi connectivity index (χ1n) is 5.04. The Hall–Kier alpha value is -0.850. The molecule has 1 aliphatic heterocycles. The molecular formula is C9H19N3O3. The highest BCUT2D eigenvalue weighted by Crippen LogP contribution is 2.15. The summed E-state index contributed by atoms with van der Waals surface area (Å²) in [7, 11) is 1.67. The van der Waals surface area contributed by atoms with E-state index in [9.17, 15) is 0 Å². The van der Waals surface area contributed by atoms with Crippen molar-refractivity contribution >= 4 is 5.84 Å². The number of methoxy groups -OCH3 is 1. The van der Waals surface area contributed by atoms with Gasteiger partial charge in [0, 0.05) is 26.8 Å². The third-order valence-corrected chi connectivity index (χ3v) is 2.49. The molecule has 2 atom stereocenters. The van der Waals surface area contributed by atoms with Crippen molar-refractivity contribution in [1.82, 2.24) is 4.90 Å². The van der Waals surface area contributed by atoms with Crippen LogP contribution in [0, 0.1) is 0 Å². The lowest BCUT2D eigenvalue weighted by Crippen LogP contribution is -2.33. The Labute approximate surface area is 89.6 Å². The lowest BCUT2D eigenvalue weighted by molar-refractivity contribution is -0.0233. The van der Waals surface area contributed by atoms with Crippen LogP contribution in [-0.2, 0) is 9.47 Å². The van der Waals surface area contributed by atoms with Crippen LogP contribution in [0.2, 0.25) is 0 Å². The highest BCUT2D eigenvalue weighted by atomic mass is 16.5. The monoisotopic (exact) mass is 217 g/mol. The molecule has 15 heavy (non-hydrogen) atoms. The van der Waals surface area contributed by atoms with E-state index in [1.807, 2.05) is 11.8 Å². The zero-order valence-corrected chi connectivity index (χ0v) is 9.22. The molecule has 0 aromatic heterocycles. The first-order valence-corrected chi connectivity index (χ1v) is 5.04. The smallest absolute Gasteiger partial charge is 0.153 e. The molecular weight excluding hydrogens is 198 g/mol. The number of oxime groups is 1. The number of rotatable bonds is 5. The van der Waals surface area contributed by atoms with Gasteiger partial charge in [0.2, 0.25) is 0 Å². The van der Waals surface area contributed by atoms with Gasteiger partial charge in [-0.05, 0) is 6.92 Å². The van der Waals surface area contributed by atoms with Crippen molar-refractivity contribution in [3.05, 3.63) is 0 Å². The maximum absolute atomic E-state index is 8.46. The van der Waals surface area contributed by atoms with Crippen molar-refractivity contribution in [3.63, 3.8) is 0 Å². The molecule has 0 spiro atoms. The topological polar surface area (TPSA) is 80.3 Å². The number of nitrogens with two attached hydrogens (primary N) is 1. The molecule has 1 aliphatic rings. The fourth-order valence-electron chi connectivity index (χ4n) is 1.81. The zero-order chi connectivity index (χ0) is 11.3. The minimum atomic E-state index is 0.0662. The molecule has 0 radical (unpaired) electrons. The van der Waals surface area contributed by atoms with Gasteiger partial charge in [0.1, 0.15) is 0 Å². The average Bonchev–Trinajstić information content (AvgIpc) is 2.61. The van der Waals surface area contributed by atoms with Crippen molar-refractivity contribution in [2.75, 3.05) is 33.4 Å². The van der Waals surface area contributed by atoms with Crippen LogP contribution in [0.25, 0.3) is 0 Å². The fraction of sp³-hybridized carbons (Fsp3) is 0.889. The fourth-order valence-corrected chi connectivity index (χ4v) is 1.81. The van der Waals surface area contributed by atoms with E-state index in [1.165, 1.54) is 0 Å². The molecule has 88 valence electrons. The molecule has 1 saturated heterocycles. The molecule has 1 heterocycles. The summed E-state index contributed by atoms with van der Waals surface area (Å²) in [6.07, 6.45) is 0.142. The number of hydrogen-bond acceptors (Lipinski definition) is 5. The summed E-state index contributed by atoms with van der Waals surface area (Å²) in [4.78, 5) is 2.05. The molecule has 6 heteroatoms. The first-order chi connectivity index (χ1) is 7.21. The number of hydrogen-bond donors (Lipinski definition) is 2. The maximum atomic E-state index is 8.46. The first kappa shape index (κ1) is 12.2. The van der Waals surface area contributed by atoms with Crippen LogP contribution in [0.5, 0.6) is 0 Å². The molecule has 1 fully saturated rings. The van der Waals surface area contributed by atoms with E-state index < -0.39 is 0 Å². The number of amidine groups is 1. The Balaban J connectivity index is 2.45. The van der Waals surface area contributed by atoms with Gasteiger partial charge in [-0.3, -0.25) is 4.90 Å². The third kappa shape index (κ3) is 3.33. The summed E-state index contributed by atoms with van der Waals surface area (Å²) in [5.74, 6) is 0.210. The quantitative estimate of drug-likeness (QED) is 0.280. The molecule has 0 aromatic rings. The highest BCUT2D eigenvalue weighted by molar-refractivity contribution is 5.81. The second kappa shape index (κ2) is 5.89. The van der Waals surface area contributed by atoms with E-state index >= 15 is 0 Å². The Morgan fingerprint density at radius 1 is 1.53 bits per heavy atom. The zero-order valence-electron chi connectivity index (χ0n) is 9.22. The van der Waals surface area contributed by atoms with Crippen molar-refractivity contribution in [2.24, 2.45) is 10.9 Å². The summed E-state index contributed by atoms with van der Waals surface area (Å²) in [6, 6.07) is 0. The highest BCUT2D eigenvalue weighted by Gasteiger charge is 2.33. The van der Waals surface area contributed by atoms with Gasteiger partial charge in [-0.1, -0.05) is 5.16 Å². The molecule has 0 saturated carbocycles. The van der Waals surface area contributed by atoms with Crippen LogP contribution in [0.1, 0.15) is 6.92 Å². The Bertz CT molecular complexity index is 223. The van der Waals surface area contributed by atoms with Crippen LogP contribution >= 0.6 is 0 Å². The maximum Gasteiger partial charge on any atom is 0.153 e. The van der Waals surface area contributed by atoms with Crippen LogP contribution in [0.4, 0.5) is 0 Å². The van der Waals surface area contributed by atoms with Crippen LogP contribution in [0.15, 0.2) is 5.16 Å². The SMILES string of the molecule is CCOC1CN(C/C(N)=N/O)CC1OC. The lowest BCUT2D eigenvalue weighted by atomic mass is 10.2. The standard InChI is InChI=1S/C9H19N3O3/c1-3-15-8-5-12(4-7(8)14-2)6-9(10)11-13/h7-8,13H,3-6H2,1-2H3,(H2,10,11). The van der Waals surface area contributed by atoms with Gasteiger partial charge >= 0.3 is 0 Å². The van der Waals surface area contributed by atoms with Crippen LogP contribution in [0.3, 0.4) is 0 Å². The Morgan fingerprint density at radius 3 is 2.73 bits per heavy atom. The molecule has 6 nitrogen and oxygen atoms in total. The van der Waals surface area contributed by atoms with Crippen LogP contribution in [-0.4, -0.2) is 61.5 Å². The summed E-state index contributed by atoms with van der Waals surface area (Å²) < 4.78 is 10.9. The summed E-state index contributed by atoms with van der Waals surface area (Å²) in [5.41, 5.74) is 5.44. The second-order valence-corrected chi connectivity index (χ2v) is 3.55. The molecule has 3 N–H and O–H groups in total. The van der Waals surface area contributed by atoms with E-state index in [1.54, 1.807) is 7.11 Å². The molecule has 0 amide bonds.